The van der Waals surface area contributed by atoms with E-state index in [1.54, 1.807) is 0 Å². The fourth-order valence-corrected chi connectivity index (χ4v) is 3.44. The first-order valence-corrected chi connectivity index (χ1v) is 8.62. The van der Waals surface area contributed by atoms with Crippen molar-refractivity contribution in [2.75, 3.05) is 0 Å². The van der Waals surface area contributed by atoms with Crippen molar-refractivity contribution in [3.05, 3.63) is 94.6 Å². The molecule has 0 fully saturated rings. The van der Waals surface area contributed by atoms with Crippen molar-refractivity contribution in [1.29, 1.82) is 0 Å². The standard InChI is InChI=1S/C22H6F10/c23-7-5-10(15(25)11(24)6-7)8-3-1-2-4-9(8)12-13-14(18(28)20(30)16(12)26)19(29)22(32)21(31)17(13)27/h1-6H. The van der Waals surface area contributed by atoms with Crippen LogP contribution in [-0.4, -0.2) is 0 Å². The highest BCUT2D eigenvalue weighted by atomic mass is 19.2. The minimum absolute atomic E-state index is 0.197. The van der Waals surface area contributed by atoms with Crippen molar-refractivity contribution in [3.8, 4) is 22.3 Å². The molecular weight excluding hydrogens is 454 g/mol. The van der Waals surface area contributed by atoms with E-state index in [9.17, 15) is 43.9 Å². The van der Waals surface area contributed by atoms with Crippen LogP contribution in [0.1, 0.15) is 0 Å². The summed E-state index contributed by atoms with van der Waals surface area (Å²) in [5.41, 5.74) is -3.41. The third-order valence-electron chi connectivity index (χ3n) is 4.82. The van der Waals surface area contributed by atoms with Crippen LogP contribution in [0, 0.1) is 58.2 Å². The first-order chi connectivity index (χ1) is 15.1. The Bertz CT molecular complexity index is 1420. The highest BCUT2D eigenvalue weighted by Crippen LogP contribution is 2.43. The van der Waals surface area contributed by atoms with E-state index in [0.29, 0.717) is 6.07 Å². The topological polar surface area (TPSA) is 0 Å². The van der Waals surface area contributed by atoms with Crippen LogP contribution in [0.5, 0.6) is 0 Å². The van der Waals surface area contributed by atoms with Gasteiger partial charge in [-0.2, -0.15) is 0 Å². The van der Waals surface area contributed by atoms with Crippen LogP contribution in [-0.2, 0) is 0 Å². The van der Waals surface area contributed by atoms with Crippen molar-refractivity contribution < 1.29 is 43.9 Å². The van der Waals surface area contributed by atoms with Gasteiger partial charge in [-0.05, 0) is 17.2 Å². The molecule has 0 bridgehead atoms. The predicted octanol–water partition coefficient (Wildman–Crippen LogP) is 7.56. The molecule has 0 saturated carbocycles. The van der Waals surface area contributed by atoms with E-state index in [4.69, 9.17) is 0 Å². The molecule has 0 N–H and O–H groups in total. The molecule has 4 rings (SSSR count). The van der Waals surface area contributed by atoms with Crippen LogP contribution in [0.25, 0.3) is 33.0 Å². The summed E-state index contributed by atoms with van der Waals surface area (Å²) in [6.45, 7) is 0. The largest absolute Gasteiger partial charge is 0.207 e. The van der Waals surface area contributed by atoms with E-state index >= 15 is 0 Å². The molecule has 0 spiro atoms. The molecule has 0 saturated heterocycles. The molecule has 0 aliphatic carbocycles. The molecule has 0 aliphatic heterocycles. The van der Waals surface area contributed by atoms with Crippen LogP contribution in [0.2, 0.25) is 0 Å². The van der Waals surface area contributed by atoms with E-state index in [-0.39, 0.29) is 6.07 Å². The third kappa shape index (κ3) is 3.01. The predicted molar refractivity (Wildman–Crippen MR) is 94.4 cm³/mol. The van der Waals surface area contributed by atoms with Crippen molar-refractivity contribution in [2.45, 2.75) is 0 Å². The van der Waals surface area contributed by atoms with Gasteiger partial charge in [-0.3, -0.25) is 0 Å². The molecule has 0 atom stereocenters. The molecular formula is C22H6F10. The van der Waals surface area contributed by atoms with E-state index in [1.165, 1.54) is 6.07 Å². The van der Waals surface area contributed by atoms with Gasteiger partial charge in [0.15, 0.2) is 52.4 Å². The molecule has 0 unspecified atom stereocenters. The molecule has 4 aromatic carbocycles. The molecule has 0 aromatic heterocycles. The Morgan fingerprint density at radius 1 is 0.406 bits per heavy atom. The summed E-state index contributed by atoms with van der Waals surface area (Å²) in [5.74, 6) is -20.9. The van der Waals surface area contributed by atoms with E-state index in [1.807, 2.05) is 0 Å². The molecule has 164 valence electrons. The maximum atomic E-state index is 14.8. The second kappa shape index (κ2) is 7.54. The fourth-order valence-electron chi connectivity index (χ4n) is 3.44. The zero-order chi connectivity index (χ0) is 23.5. The highest BCUT2D eigenvalue weighted by Gasteiger charge is 2.32. The van der Waals surface area contributed by atoms with Gasteiger partial charge in [0.1, 0.15) is 5.82 Å². The molecule has 32 heavy (non-hydrogen) atoms. The second-order valence-electron chi connectivity index (χ2n) is 6.62. The molecule has 0 heterocycles. The molecule has 4 aromatic rings. The van der Waals surface area contributed by atoms with Crippen molar-refractivity contribution >= 4 is 10.8 Å². The van der Waals surface area contributed by atoms with E-state index in [2.05, 4.69) is 0 Å². The highest BCUT2D eigenvalue weighted by molar-refractivity contribution is 6.02. The summed E-state index contributed by atoms with van der Waals surface area (Å²) in [4.78, 5) is 0. The van der Waals surface area contributed by atoms with Gasteiger partial charge in [0.25, 0.3) is 0 Å². The summed E-state index contributed by atoms with van der Waals surface area (Å²) in [5, 5.41) is -3.27. The number of fused-ring (bicyclic) bond motifs is 1. The minimum Gasteiger partial charge on any atom is -0.207 e. The average Bonchev–Trinajstić information content (AvgIpc) is 2.77. The van der Waals surface area contributed by atoms with Gasteiger partial charge in [0.2, 0.25) is 0 Å². The summed E-state index contributed by atoms with van der Waals surface area (Å²) >= 11 is 0. The Hall–Kier alpha value is -3.56. The third-order valence-corrected chi connectivity index (χ3v) is 4.82. The monoisotopic (exact) mass is 460 g/mol. The van der Waals surface area contributed by atoms with Gasteiger partial charge < -0.3 is 0 Å². The van der Waals surface area contributed by atoms with E-state index in [0.717, 1.165) is 18.2 Å². The quantitative estimate of drug-likeness (QED) is 0.165. The lowest BCUT2D eigenvalue weighted by Crippen LogP contribution is -2.06. The maximum absolute atomic E-state index is 14.8. The normalized spacial score (nSPS) is 11.4. The lowest BCUT2D eigenvalue weighted by Gasteiger charge is -2.17. The first kappa shape index (κ1) is 21.7. The Labute approximate surface area is 172 Å². The van der Waals surface area contributed by atoms with Gasteiger partial charge in [-0.25, -0.2) is 43.9 Å². The van der Waals surface area contributed by atoms with Crippen molar-refractivity contribution in [1.82, 2.24) is 0 Å². The summed E-state index contributed by atoms with van der Waals surface area (Å²) in [6.07, 6.45) is 0. The van der Waals surface area contributed by atoms with Gasteiger partial charge in [0, 0.05) is 22.6 Å². The first-order valence-electron chi connectivity index (χ1n) is 8.62. The number of halogens is 10. The lowest BCUT2D eigenvalue weighted by atomic mass is 9.89. The zero-order valence-corrected chi connectivity index (χ0v) is 15.2. The van der Waals surface area contributed by atoms with Crippen LogP contribution >= 0.6 is 0 Å². The van der Waals surface area contributed by atoms with Gasteiger partial charge >= 0.3 is 0 Å². The summed E-state index contributed by atoms with van der Waals surface area (Å²) < 4.78 is 141. The van der Waals surface area contributed by atoms with Crippen LogP contribution in [0.15, 0.2) is 36.4 Å². The molecule has 0 radical (unpaired) electrons. The van der Waals surface area contributed by atoms with E-state index < -0.39 is 91.2 Å². The fraction of sp³-hybridized carbons (Fsp3) is 0. The summed E-state index contributed by atoms with van der Waals surface area (Å²) in [6, 6.07) is 4.82. The number of hydrogen-bond acceptors (Lipinski definition) is 0. The Morgan fingerprint density at radius 2 is 0.906 bits per heavy atom. The molecule has 0 aliphatic rings. The SMILES string of the molecule is Fc1cc(F)c(F)c(-c2ccccc2-c2c(F)c(F)c(F)c3c(F)c(F)c(F)c(F)c23)c1. The Balaban J connectivity index is 2.24. The van der Waals surface area contributed by atoms with Crippen molar-refractivity contribution in [2.24, 2.45) is 0 Å². The smallest absolute Gasteiger partial charge is 0.198 e. The van der Waals surface area contributed by atoms with Crippen LogP contribution in [0.3, 0.4) is 0 Å². The second-order valence-corrected chi connectivity index (χ2v) is 6.62. The molecule has 10 heteroatoms. The van der Waals surface area contributed by atoms with Crippen LogP contribution < -0.4 is 0 Å². The van der Waals surface area contributed by atoms with Crippen LogP contribution in [0.4, 0.5) is 43.9 Å². The Kier molecular flexibility index (Phi) is 5.10. The number of benzene rings is 4. The number of rotatable bonds is 2. The average molecular weight is 460 g/mol. The summed E-state index contributed by atoms with van der Waals surface area (Å²) in [7, 11) is 0. The zero-order valence-electron chi connectivity index (χ0n) is 15.2. The van der Waals surface area contributed by atoms with Gasteiger partial charge in [-0.1, -0.05) is 24.3 Å². The molecule has 0 nitrogen and oxygen atoms in total. The minimum atomic E-state index is -2.47. The number of hydrogen-bond donors (Lipinski definition) is 0. The molecule has 0 amide bonds. The van der Waals surface area contributed by atoms with Gasteiger partial charge in [0.05, 0.1) is 5.39 Å². The Morgan fingerprint density at radius 3 is 1.50 bits per heavy atom. The van der Waals surface area contributed by atoms with Crippen molar-refractivity contribution in [3.63, 3.8) is 0 Å². The lowest BCUT2D eigenvalue weighted by molar-refractivity contribution is 0.411. The van der Waals surface area contributed by atoms with Gasteiger partial charge in [-0.15, -0.1) is 0 Å². The maximum Gasteiger partial charge on any atom is 0.198 e.